The maximum atomic E-state index is 13.3. The van der Waals surface area contributed by atoms with Gasteiger partial charge in [0.2, 0.25) is 0 Å². The van der Waals surface area contributed by atoms with Gasteiger partial charge < -0.3 is 9.64 Å². The maximum absolute atomic E-state index is 13.3. The number of nitrogens with zero attached hydrogens (tertiary/aromatic N) is 1. The van der Waals surface area contributed by atoms with Crippen molar-refractivity contribution in [2.45, 2.75) is 69.9 Å². The third kappa shape index (κ3) is 6.25. The number of benzene rings is 1. The van der Waals surface area contributed by atoms with Crippen LogP contribution in [0.1, 0.15) is 63.7 Å². The van der Waals surface area contributed by atoms with Crippen LogP contribution < -0.4 is 0 Å². The Morgan fingerprint density at radius 3 is 2.41 bits per heavy atom. The molecule has 1 saturated carbocycles. The van der Waals surface area contributed by atoms with E-state index in [0.29, 0.717) is 15.5 Å². The zero-order valence-corrected chi connectivity index (χ0v) is 17.8. The molecular weight excluding hydrogens is 386 g/mol. The molecule has 1 aromatic rings. The molecule has 0 saturated heterocycles. The molecule has 1 fully saturated rings. The Bertz CT molecular complexity index is 723. The number of amides is 1. The van der Waals surface area contributed by atoms with E-state index in [4.69, 9.17) is 16.3 Å². The van der Waals surface area contributed by atoms with Crippen LogP contribution in [-0.4, -0.2) is 40.1 Å². The monoisotopic (exact) mass is 411 g/mol. The fourth-order valence-electron chi connectivity index (χ4n) is 3.17. The van der Waals surface area contributed by atoms with Gasteiger partial charge in [-0.2, -0.15) is 0 Å². The number of halogens is 1. The summed E-state index contributed by atoms with van der Waals surface area (Å²) >= 11 is 7.17. The Balaban J connectivity index is 2.33. The highest BCUT2D eigenvalue weighted by molar-refractivity contribution is 8.13. The van der Waals surface area contributed by atoms with E-state index < -0.39 is 11.6 Å². The molecule has 0 radical (unpaired) electrons. The molecule has 0 spiro atoms. The SMILES string of the molecule is CC(=O)Sc1c(Cl)cccc1C(=O)N(CC(=O)OC(C)(C)C)C1CCCC1. The lowest BCUT2D eigenvalue weighted by atomic mass is 10.1. The van der Waals surface area contributed by atoms with Gasteiger partial charge in [-0.3, -0.25) is 14.4 Å². The predicted octanol–water partition coefficient (Wildman–Crippen LogP) is 4.71. The fourth-order valence-corrected chi connectivity index (χ4v) is 4.18. The first-order valence-corrected chi connectivity index (χ1v) is 10.3. The summed E-state index contributed by atoms with van der Waals surface area (Å²) in [5.41, 5.74) is -0.272. The highest BCUT2D eigenvalue weighted by Crippen LogP contribution is 2.33. The van der Waals surface area contributed by atoms with Gasteiger partial charge in [0, 0.05) is 17.9 Å². The lowest BCUT2D eigenvalue weighted by Crippen LogP contribution is -2.44. The molecule has 0 unspecified atom stereocenters. The number of esters is 1. The van der Waals surface area contributed by atoms with Crippen molar-refractivity contribution in [2.24, 2.45) is 0 Å². The molecule has 1 aromatic carbocycles. The molecule has 7 heteroatoms. The van der Waals surface area contributed by atoms with Crippen LogP contribution in [0.15, 0.2) is 23.1 Å². The quantitative estimate of drug-likeness (QED) is 0.518. The maximum Gasteiger partial charge on any atom is 0.326 e. The van der Waals surface area contributed by atoms with E-state index in [2.05, 4.69) is 0 Å². The van der Waals surface area contributed by atoms with Crippen LogP contribution in [0.4, 0.5) is 0 Å². The number of hydrogen-bond acceptors (Lipinski definition) is 5. The molecule has 1 aliphatic carbocycles. The van der Waals surface area contributed by atoms with Crippen LogP contribution in [0.3, 0.4) is 0 Å². The fraction of sp³-hybridized carbons (Fsp3) is 0.550. The van der Waals surface area contributed by atoms with Gasteiger partial charge in [-0.05, 0) is 57.5 Å². The summed E-state index contributed by atoms with van der Waals surface area (Å²) in [7, 11) is 0. The van der Waals surface area contributed by atoms with Gasteiger partial charge in [0.05, 0.1) is 10.6 Å². The molecule has 5 nitrogen and oxygen atoms in total. The first kappa shape index (κ1) is 21.8. The van der Waals surface area contributed by atoms with Gasteiger partial charge in [0.1, 0.15) is 12.1 Å². The Labute approximate surface area is 169 Å². The second-order valence-corrected chi connectivity index (χ2v) is 9.26. The Morgan fingerprint density at radius 2 is 1.85 bits per heavy atom. The minimum absolute atomic E-state index is 0.0146. The minimum atomic E-state index is -0.618. The topological polar surface area (TPSA) is 63.7 Å². The molecule has 0 aromatic heterocycles. The highest BCUT2D eigenvalue weighted by atomic mass is 35.5. The van der Waals surface area contributed by atoms with E-state index in [1.807, 2.05) is 0 Å². The first-order chi connectivity index (χ1) is 12.6. The summed E-state index contributed by atoms with van der Waals surface area (Å²) in [6.45, 7) is 6.71. The molecule has 0 N–H and O–H groups in total. The minimum Gasteiger partial charge on any atom is -0.459 e. The zero-order valence-electron chi connectivity index (χ0n) is 16.2. The van der Waals surface area contributed by atoms with Crippen LogP contribution in [0.25, 0.3) is 0 Å². The predicted molar refractivity (Wildman–Crippen MR) is 107 cm³/mol. The van der Waals surface area contributed by atoms with E-state index in [-0.39, 0.29) is 23.6 Å². The Hall–Kier alpha value is -1.53. The van der Waals surface area contributed by atoms with E-state index >= 15 is 0 Å². The summed E-state index contributed by atoms with van der Waals surface area (Å²) in [6, 6.07) is 4.97. The summed E-state index contributed by atoms with van der Waals surface area (Å²) in [6.07, 6.45) is 3.75. The van der Waals surface area contributed by atoms with Crippen molar-refractivity contribution in [3.8, 4) is 0 Å². The van der Waals surface area contributed by atoms with Gasteiger partial charge in [-0.15, -0.1) is 0 Å². The van der Waals surface area contributed by atoms with Crippen LogP contribution in [0.2, 0.25) is 5.02 Å². The Morgan fingerprint density at radius 1 is 1.22 bits per heavy atom. The summed E-state index contributed by atoms with van der Waals surface area (Å²) < 4.78 is 5.41. The number of carbonyl (C=O) groups excluding carboxylic acids is 3. The van der Waals surface area contributed by atoms with Crippen LogP contribution in [-0.2, 0) is 14.3 Å². The van der Waals surface area contributed by atoms with E-state index in [9.17, 15) is 14.4 Å². The lowest BCUT2D eigenvalue weighted by molar-refractivity contribution is -0.156. The molecule has 2 rings (SSSR count). The van der Waals surface area contributed by atoms with Crippen molar-refractivity contribution < 1.29 is 19.1 Å². The summed E-state index contributed by atoms with van der Waals surface area (Å²) in [5.74, 6) is -0.732. The van der Waals surface area contributed by atoms with Gasteiger partial charge in [-0.25, -0.2) is 0 Å². The average molecular weight is 412 g/mol. The van der Waals surface area contributed by atoms with Crippen LogP contribution >= 0.6 is 23.4 Å². The number of carbonyl (C=O) groups is 3. The largest absolute Gasteiger partial charge is 0.459 e. The Kier molecular flexibility index (Phi) is 7.34. The molecule has 1 aliphatic rings. The molecule has 0 atom stereocenters. The second kappa shape index (κ2) is 9.11. The van der Waals surface area contributed by atoms with Gasteiger partial charge in [0.15, 0.2) is 5.12 Å². The first-order valence-electron chi connectivity index (χ1n) is 9.08. The van der Waals surface area contributed by atoms with E-state index in [0.717, 1.165) is 37.4 Å². The van der Waals surface area contributed by atoms with Crippen molar-refractivity contribution in [3.05, 3.63) is 28.8 Å². The van der Waals surface area contributed by atoms with E-state index in [1.54, 1.807) is 43.9 Å². The molecular formula is C20H26ClNO4S. The standard InChI is InChI=1S/C20H26ClNO4S/c1-13(23)27-18-15(10-7-11-16(18)21)19(25)22(14-8-5-6-9-14)12-17(24)26-20(2,3)4/h7,10-11,14H,5-6,8-9,12H2,1-4H3. The van der Waals surface area contributed by atoms with Crippen molar-refractivity contribution in [1.82, 2.24) is 4.90 Å². The summed E-state index contributed by atoms with van der Waals surface area (Å²) in [5, 5.41) is 0.196. The van der Waals surface area contributed by atoms with Crippen LogP contribution in [0.5, 0.6) is 0 Å². The van der Waals surface area contributed by atoms with Crippen LogP contribution in [0, 0.1) is 0 Å². The van der Waals surface area contributed by atoms with Gasteiger partial charge in [0.25, 0.3) is 5.91 Å². The van der Waals surface area contributed by atoms with Crippen molar-refractivity contribution >= 4 is 40.4 Å². The molecule has 0 bridgehead atoms. The zero-order chi connectivity index (χ0) is 20.2. The smallest absolute Gasteiger partial charge is 0.326 e. The highest BCUT2D eigenvalue weighted by Gasteiger charge is 2.32. The summed E-state index contributed by atoms with van der Waals surface area (Å²) in [4.78, 5) is 39.3. The third-order valence-electron chi connectivity index (χ3n) is 4.19. The average Bonchev–Trinajstić information content (AvgIpc) is 3.06. The number of hydrogen-bond donors (Lipinski definition) is 0. The number of rotatable bonds is 5. The molecule has 27 heavy (non-hydrogen) atoms. The molecule has 1 amide bonds. The lowest BCUT2D eigenvalue weighted by Gasteiger charge is -2.30. The van der Waals surface area contributed by atoms with Gasteiger partial charge >= 0.3 is 5.97 Å². The van der Waals surface area contributed by atoms with E-state index in [1.165, 1.54) is 6.92 Å². The molecule has 0 heterocycles. The molecule has 0 aliphatic heterocycles. The van der Waals surface area contributed by atoms with Gasteiger partial charge in [-0.1, -0.05) is 30.5 Å². The third-order valence-corrected chi connectivity index (χ3v) is 5.55. The van der Waals surface area contributed by atoms with Crippen molar-refractivity contribution in [1.29, 1.82) is 0 Å². The van der Waals surface area contributed by atoms with Crippen molar-refractivity contribution in [2.75, 3.05) is 6.54 Å². The normalized spacial score (nSPS) is 14.9. The second-order valence-electron chi connectivity index (χ2n) is 7.67. The number of thioether (sulfide) groups is 1. The molecule has 148 valence electrons. The number of ether oxygens (including phenoxy) is 1. The van der Waals surface area contributed by atoms with Crippen molar-refractivity contribution in [3.63, 3.8) is 0 Å².